The van der Waals surface area contributed by atoms with Gasteiger partial charge in [0.1, 0.15) is 0 Å². The van der Waals surface area contributed by atoms with Gasteiger partial charge in [-0.25, -0.2) is 0 Å². The van der Waals surface area contributed by atoms with Crippen molar-refractivity contribution in [3.8, 4) is 0 Å². The number of aliphatic hydroxyl groups is 1. The largest absolute Gasteiger partial charge is 0.396 e. The van der Waals surface area contributed by atoms with Gasteiger partial charge in [0.15, 0.2) is 0 Å². The summed E-state index contributed by atoms with van der Waals surface area (Å²) in [5.74, 6) is -0.112. The first-order valence-electron chi connectivity index (χ1n) is 5.76. The summed E-state index contributed by atoms with van der Waals surface area (Å²) in [7, 11) is 0. The normalized spacial score (nSPS) is 12.2. The fourth-order valence-electron chi connectivity index (χ4n) is 1.68. The molecule has 1 atom stereocenters. The summed E-state index contributed by atoms with van der Waals surface area (Å²) in [6, 6.07) is 5.21. The fraction of sp³-hybridized carbons (Fsp3) is 0.462. The van der Waals surface area contributed by atoms with Gasteiger partial charge in [0, 0.05) is 23.2 Å². The topological polar surface area (TPSA) is 49.3 Å². The number of amides is 1. The van der Waals surface area contributed by atoms with Gasteiger partial charge in [0.2, 0.25) is 0 Å². The molecule has 0 bridgehead atoms. The molecule has 3 nitrogen and oxygen atoms in total. The van der Waals surface area contributed by atoms with Crippen LogP contribution in [0.3, 0.4) is 0 Å². The van der Waals surface area contributed by atoms with Gasteiger partial charge in [0.25, 0.3) is 5.91 Å². The number of aliphatic hydroxyl groups excluding tert-OH is 1. The van der Waals surface area contributed by atoms with Crippen LogP contribution in [0.25, 0.3) is 0 Å². The van der Waals surface area contributed by atoms with Crippen molar-refractivity contribution in [3.05, 3.63) is 34.3 Å². The maximum absolute atomic E-state index is 12.0. The Labute approximate surface area is 107 Å². The van der Waals surface area contributed by atoms with Crippen LogP contribution in [0.4, 0.5) is 0 Å². The first kappa shape index (κ1) is 14.0. The third kappa shape index (κ3) is 4.02. The molecule has 1 unspecified atom stereocenters. The molecular weight excluding hydrogens is 238 g/mol. The van der Waals surface area contributed by atoms with Crippen LogP contribution in [0.1, 0.15) is 35.7 Å². The SMILES string of the molecule is CCC(CCO)NC(=O)c1ccc(Cl)cc1C. The Morgan fingerprint density at radius 1 is 1.53 bits per heavy atom. The average Bonchev–Trinajstić information content (AvgIpc) is 2.28. The minimum absolute atomic E-state index is 0.0163. The van der Waals surface area contributed by atoms with Crippen LogP contribution in [0.2, 0.25) is 5.02 Å². The number of benzene rings is 1. The highest BCUT2D eigenvalue weighted by atomic mass is 35.5. The van der Waals surface area contributed by atoms with E-state index in [0.29, 0.717) is 17.0 Å². The van der Waals surface area contributed by atoms with Gasteiger partial charge in [-0.05, 0) is 43.5 Å². The van der Waals surface area contributed by atoms with Crippen molar-refractivity contribution in [2.45, 2.75) is 32.7 Å². The molecule has 1 aromatic rings. The number of hydrogen-bond donors (Lipinski definition) is 2. The number of nitrogens with one attached hydrogen (secondary N) is 1. The molecule has 2 N–H and O–H groups in total. The van der Waals surface area contributed by atoms with E-state index < -0.39 is 0 Å². The third-order valence-electron chi connectivity index (χ3n) is 2.74. The van der Waals surface area contributed by atoms with Gasteiger partial charge in [-0.15, -0.1) is 0 Å². The number of carbonyl (C=O) groups is 1. The summed E-state index contributed by atoms with van der Waals surface area (Å²) < 4.78 is 0. The maximum atomic E-state index is 12.0. The number of halogens is 1. The second kappa shape index (κ2) is 6.62. The van der Waals surface area contributed by atoms with Gasteiger partial charge in [-0.3, -0.25) is 4.79 Å². The zero-order valence-electron chi connectivity index (χ0n) is 10.2. The van der Waals surface area contributed by atoms with Crippen molar-refractivity contribution >= 4 is 17.5 Å². The monoisotopic (exact) mass is 255 g/mol. The van der Waals surface area contributed by atoms with Crippen LogP contribution in [0.15, 0.2) is 18.2 Å². The summed E-state index contributed by atoms with van der Waals surface area (Å²) in [5, 5.41) is 12.4. The van der Waals surface area contributed by atoms with E-state index in [2.05, 4.69) is 5.32 Å². The molecule has 4 heteroatoms. The minimum atomic E-state index is -0.112. The summed E-state index contributed by atoms with van der Waals surface area (Å²) >= 11 is 5.84. The lowest BCUT2D eigenvalue weighted by molar-refractivity contribution is 0.0928. The lowest BCUT2D eigenvalue weighted by Crippen LogP contribution is -2.35. The molecule has 0 spiro atoms. The molecule has 0 saturated heterocycles. The predicted molar refractivity (Wildman–Crippen MR) is 69.4 cm³/mol. The summed E-state index contributed by atoms with van der Waals surface area (Å²) in [5.41, 5.74) is 1.49. The first-order chi connectivity index (χ1) is 8.08. The molecule has 0 heterocycles. The second-order valence-electron chi connectivity index (χ2n) is 4.05. The van der Waals surface area contributed by atoms with Crippen molar-refractivity contribution in [2.24, 2.45) is 0 Å². The van der Waals surface area contributed by atoms with Crippen LogP contribution in [0, 0.1) is 6.92 Å². The number of hydrogen-bond acceptors (Lipinski definition) is 2. The first-order valence-corrected chi connectivity index (χ1v) is 6.14. The van der Waals surface area contributed by atoms with E-state index in [1.807, 2.05) is 13.8 Å². The van der Waals surface area contributed by atoms with Crippen molar-refractivity contribution in [1.82, 2.24) is 5.32 Å². The molecule has 0 radical (unpaired) electrons. The van der Waals surface area contributed by atoms with Crippen LogP contribution in [-0.2, 0) is 0 Å². The van der Waals surface area contributed by atoms with Gasteiger partial charge in [0.05, 0.1) is 0 Å². The molecule has 0 aliphatic heterocycles. The Balaban J connectivity index is 2.75. The van der Waals surface area contributed by atoms with Crippen molar-refractivity contribution in [1.29, 1.82) is 0 Å². The van der Waals surface area contributed by atoms with E-state index in [9.17, 15) is 4.79 Å². The highest BCUT2D eigenvalue weighted by molar-refractivity contribution is 6.30. The highest BCUT2D eigenvalue weighted by Gasteiger charge is 2.13. The zero-order chi connectivity index (χ0) is 12.8. The number of rotatable bonds is 5. The molecule has 0 aliphatic rings. The standard InChI is InChI=1S/C13H18ClNO2/c1-3-11(6-7-16)15-13(17)12-5-4-10(14)8-9(12)2/h4-5,8,11,16H,3,6-7H2,1-2H3,(H,15,17). The minimum Gasteiger partial charge on any atom is -0.396 e. The van der Waals surface area contributed by atoms with E-state index in [-0.39, 0.29) is 18.6 Å². The van der Waals surface area contributed by atoms with Crippen LogP contribution in [0.5, 0.6) is 0 Å². The summed E-state index contributed by atoms with van der Waals surface area (Å²) in [4.78, 5) is 12.0. The Bertz CT molecular complexity index is 393. The van der Waals surface area contributed by atoms with Crippen LogP contribution >= 0.6 is 11.6 Å². The van der Waals surface area contributed by atoms with Gasteiger partial charge >= 0.3 is 0 Å². The van der Waals surface area contributed by atoms with Crippen molar-refractivity contribution < 1.29 is 9.90 Å². The lowest BCUT2D eigenvalue weighted by atomic mass is 10.1. The molecule has 1 aromatic carbocycles. The van der Waals surface area contributed by atoms with E-state index in [0.717, 1.165) is 12.0 Å². The summed E-state index contributed by atoms with van der Waals surface area (Å²) in [6.07, 6.45) is 1.38. The average molecular weight is 256 g/mol. The Hall–Kier alpha value is -1.06. The fourth-order valence-corrected chi connectivity index (χ4v) is 1.91. The molecule has 1 amide bonds. The molecule has 0 saturated carbocycles. The highest BCUT2D eigenvalue weighted by Crippen LogP contribution is 2.15. The molecule has 17 heavy (non-hydrogen) atoms. The zero-order valence-corrected chi connectivity index (χ0v) is 10.9. The van der Waals surface area contributed by atoms with Crippen LogP contribution in [-0.4, -0.2) is 23.7 Å². The summed E-state index contributed by atoms with van der Waals surface area (Å²) in [6.45, 7) is 3.92. The Morgan fingerprint density at radius 3 is 2.76 bits per heavy atom. The lowest BCUT2D eigenvalue weighted by Gasteiger charge is -2.16. The van der Waals surface area contributed by atoms with Gasteiger partial charge < -0.3 is 10.4 Å². The van der Waals surface area contributed by atoms with E-state index in [1.54, 1.807) is 18.2 Å². The molecule has 0 aromatic heterocycles. The van der Waals surface area contributed by atoms with Crippen LogP contribution < -0.4 is 5.32 Å². The number of aryl methyl sites for hydroxylation is 1. The van der Waals surface area contributed by atoms with E-state index in [4.69, 9.17) is 16.7 Å². The van der Waals surface area contributed by atoms with Crippen molar-refractivity contribution in [2.75, 3.05) is 6.61 Å². The number of carbonyl (C=O) groups excluding carboxylic acids is 1. The van der Waals surface area contributed by atoms with E-state index in [1.165, 1.54) is 0 Å². The predicted octanol–water partition coefficient (Wildman–Crippen LogP) is 2.54. The Kier molecular flexibility index (Phi) is 5.45. The molecule has 0 fully saturated rings. The van der Waals surface area contributed by atoms with E-state index >= 15 is 0 Å². The van der Waals surface area contributed by atoms with Gasteiger partial charge in [-0.2, -0.15) is 0 Å². The molecule has 94 valence electrons. The second-order valence-corrected chi connectivity index (χ2v) is 4.49. The smallest absolute Gasteiger partial charge is 0.251 e. The molecule has 0 aliphatic carbocycles. The third-order valence-corrected chi connectivity index (χ3v) is 2.97. The maximum Gasteiger partial charge on any atom is 0.251 e. The quantitative estimate of drug-likeness (QED) is 0.850. The van der Waals surface area contributed by atoms with Crippen molar-refractivity contribution in [3.63, 3.8) is 0 Å². The molecular formula is C13H18ClNO2. The molecule has 1 rings (SSSR count). The Morgan fingerprint density at radius 2 is 2.24 bits per heavy atom. The van der Waals surface area contributed by atoms with Gasteiger partial charge in [-0.1, -0.05) is 18.5 Å².